The van der Waals surface area contributed by atoms with Crippen molar-refractivity contribution in [2.45, 2.75) is 90.5 Å². The van der Waals surface area contributed by atoms with Gasteiger partial charge in [0.15, 0.2) is 0 Å². The number of hydrogen-bond acceptors (Lipinski definition) is 0. The van der Waals surface area contributed by atoms with Crippen molar-refractivity contribution in [3.63, 3.8) is 0 Å². The van der Waals surface area contributed by atoms with Crippen molar-refractivity contribution in [2.75, 3.05) is 20.6 Å². The summed E-state index contributed by atoms with van der Waals surface area (Å²) >= 11 is 0. The first-order valence-electron chi connectivity index (χ1n) is 10.5. The molecule has 4 N–H and O–H groups in total. The highest BCUT2D eigenvalue weighted by Gasteiger charge is 2.14. The third-order valence-electron chi connectivity index (χ3n) is 5.07. The van der Waals surface area contributed by atoms with E-state index >= 15 is 0 Å². The summed E-state index contributed by atoms with van der Waals surface area (Å²) in [5.41, 5.74) is 1.46. The summed E-state index contributed by atoms with van der Waals surface area (Å²) in [5.74, 6) is 0. The smallest absolute Gasteiger partial charge is 0.104 e. The minimum absolute atomic E-state index is 0. The molecule has 0 bridgehead atoms. The van der Waals surface area contributed by atoms with Crippen LogP contribution in [0.3, 0.4) is 0 Å². The van der Waals surface area contributed by atoms with E-state index in [1.165, 1.54) is 89.2 Å². The van der Waals surface area contributed by atoms with Crippen LogP contribution in [0.2, 0.25) is 0 Å². The van der Waals surface area contributed by atoms with Crippen LogP contribution in [-0.4, -0.2) is 36.1 Å². The van der Waals surface area contributed by atoms with Crippen LogP contribution in [0.5, 0.6) is 0 Å². The molecule has 0 atom stereocenters. The highest BCUT2D eigenvalue weighted by molar-refractivity contribution is 5.13. The first-order chi connectivity index (χ1) is 11.6. The lowest BCUT2D eigenvalue weighted by Gasteiger charge is -2.30. The molecule has 0 amide bonds. The van der Waals surface area contributed by atoms with Crippen LogP contribution in [0.4, 0.5) is 0 Å². The molecule has 0 fully saturated rings. The highest BCUT2D eigenvalue weighted by atomic mass is 35.5. The molecule has 0 unspecified atom stereocenters. The molecule has 4 heteroatoms. The standard InChI is InChI=1S/C23H42N.ClH.2H2O/c1-4-5-6-7-8-9-10-11-12-13-14-18-21-24(2,3)22-23-19-16-15-17-20-23;;;/h15-17,19-20H,4-14,18,21-22H2,1-3H3;1H;2*1H2/q+1;;;/p-1. The molecule has 1 aromatic carbocycles. The van der Waals surface area contributed by atoms with Crippen LogP contribution >= 0.6 is 0 Å². The largest absolute Gasteiger partial charge is 1.00 e. The molecule has 3 nitrogen and oxygen atoms in total. The molecule has 0 aliphatic rings. The van der Waals surface area contributed by atoms with E-state index in [1.54, 1.807) is 0 Å². The average Bonchev–Trinajstić information content (AvgIpc) is 2.56. The third kappa shape index (κ3) is 18.5. The van der Waals surface area contributed by atoms with Crippen LogP contribution in [0, 0.1) is 0 Å². The maximum Gasteiger partial charge on any atom is 0.104 e. The SMILES string of the molecule is CCCCCCCCCCCCCC[N+](C)(C)Cc1ccccc1.O.O.[Cl-]. The minimum atomic E-state index is 0. The average molecular weight is 404 g/mol. The van der Waals surface area contributed by atoms with Crippen molar-refractivity contribution in [1.82, 2.24) is 0 Å². The van der Waals surface area contributed by atoms with Crippen LogP contribution < -0.4 is 12.4 Å². The van der Waals surface area contributed by atoms with E-state index in [0.717, 1.165) is 11.0 Å². The number of halogens is 1. The molecule has 0 saturated heterocycles. The Kier molecular flexibility index (Phi) is 23.2. The quantitative estimate of drug-likeness (QED) is 0.318. The molecule has 162 valence electrons. The van der Waals surface area contributed by atoms with Gasteiger partial charge in [-0.05, 0) is 12.8 Å². The van der Waals surface area contributed by atoms with E-state index in [4.69, 9.17) is 0 Å². The van der Waals surface area contributed by atoms with Crippen LogP contribution in [0.1, 0.15) is 89.5 Å². The molecular formula is C23H46ClNO2. The molecule has 0 aliphatic heterocycles. The summed E-state index contributed by atoms with van der Waals surface area (Å²) in [6.07, 6.45) is 17.2. The lowest BCUT2D eigenvalue weighted by molar-refractivity contribution is -0.903. The zero-order chi connectivity index (χ0) is 17.5. The fourth-order valence-electron chi connectivity index (χ4n) is 3.54. The van der Waals surface area contributed by atoms with Crippen molar-refractivity contribution in [1.29, 1.82) is 0 Å². The van der Waals surface area contributed by atoms with E-state index in [1.807, 2.05) is 0 Å². The molecule has 0 radical (unpaired) electrons. The Morgan fingerprint density at radius 2 is 1.04 bits per heavy atom. The summed E-state index contributed by atoms with van der Waals surface area (Å²) in [6, 6.07) is 10.9. The Labute approximate surface area is 175 Å². The second kappa shape index (κ2) is 20.1. The Morgan fingerprint density at radius 1 is 0.630 bits per heavy atom. The molecule has 1 rings (SSSR count). The first-order valence-corrected chi connectivity index (χ1v) is 10.5. The van der Waals surface area contributed by atoms with Gasteiger partial charge in [0.05, 0.1) is 20.6 Å². The second-order valence-electron chi connectivity index (χ2n) is 8.19. The van der Waals surface area contributed by atoms with Gasteiger partial charge in [0.25, 0.3) is 0 Å². The van der Waals surface area contributed by atoms with Gasteiger partial charge in [0, 0.05) is 5.56 Å². The van der Waals surface area contributed by atoms with E-state index in [9.17, 15) is 0 Å². The van der Waals surface area contributed by atoms with Gasteiger partial charge in [-0.3, -0.25) is 0 Å². The molecule has 1 aromatic rings. The number of rotatable bonds is 15. The predicted molar refractivity (Wildman–Crippen MR) is 115 cm³/mol. The van der Waals surface area contributed by atoms with Gasteiger partial charge in [-0.2, -0.15) is 0 Å². The number of unbranched alkanes of at least 4 members (excludes halogenated alkanes) is 11. The highest BCUT2D eigenvalue weighted by Crippen LogP contribution is 2.14. The van der Waals surface area contributed by atoms with Gasteiger partial charge >= 0.3 is 0 Å². The molecular weight excluding hydrogens is 358 g/mol. The van der Waals surface area contributed by atoms with Crippen molar-refractivity contribution in [2.24, 2.45) is 0 Å². The second-order valence-corrected chi connectivity index (χ2v) is 8.19. The molecule has 0 heterocycles. The summed E-state index contributed by atoms with van der Waals surface area (Å²) in [5, 5.41) is 0. The maximum absolute atomic E-state index is 2.37. The fourth-order valence-corrected chi connectivity index (χ4v) is 3.54. The van der Waals surface area contributed by atoms with Crippen molar-refractivity contribution >= 4 is 0 Å². The van der Waals surface area contributed by atoms with Crippen molar-refractivity contribution in [3.05, 3.63) is 35.9 Å². The van der Waals surface area contributed by atoms with Crippen molar-refractivity contribution in [3.8, 4) is 0 Å². The zero-order valence-electron chi connectivity index (χ0n) is 18.1. The van der Waals surface area contributed by atoms with Gasteiger partial charge in [0.1, 0.15) is 6.54 Å². The maximum atomic E-state index is 2.37. The lowest BCUT2D eigenvalue weighted by Crippen LogP contribution is -3.00. The van der Waals surface area contributed by atoms with Gasteiger partial charge < -0.3 is 27.8 Å². The van der Waals surface area contributed by atoms with Crippen LogP contribution in [0.25, 0.3) is 0 Å². The van der Waals surface area contributed by atoms with E-state index in [-0.39, 0.29) is 23.4 Å². The van der Waals surface area contributed by atoms with Gasteiger partial charge in [-0.1, -0.05) is 101 Å². The van der Waals surface area contributed by atoms with Gasteiger partial charge in [-0.15, -0.1) is 0 Å². The minimum Gasteiger partial charge on any atom is -1.00 e. The Hall–Kier alpha value is -0.610. The van der Waals surface area contributed by atoms with Gasteiger partial charge in [0.2, 0.25) is 0 Å². The number of quaternary nitrogens is 1. The molecule has 27 heavy (non-hydrogen) atoms. The van der Waals surface area contributed by atoms with E-state index in [2.05, 4.69) is 51.4 Å². The topological polar surface area (TPSA) is 63.0 Å². The molecule has 0 saturated carbocycles. The fraction of sp³-hybridized carbons (Fsp3) is 0.739. The van der Waals surface area contributed by atoms with Crippen LogP contribution in [0.15, 0.2) is 30.3 Å². The molecule has 0 spiro atoms. The summed E-state index contributed by atoms with van der Waals surface area (Å²) in [7, 11) is 4.73. The Balaban J connectivity index is -0.00000192. The van der Waals surface area contributed by atoms with E-state index < -0.39 is 0 Å². The molecule has 0 aliphatic carbocycles. The normalized spacial score (nSPS) is 10.5. The van der Waals surface area contributed by atoms with Crippen molar-refractivity contribution < 1.29 is 27.8 Å². The zero-order valence-corrected chi connectivity index (χ0v) is 18.9. The lowest BCUT2D eigenvalue weighted by atomic mass is 10.1. The summed E-state index contributed by atoms with van der Waals surface area (Å²) in [6.45, 7) is 4.74. The van der Waals surface area contributed by atoms with Crippen LogP contribution in [-0.2, 0) is 6.54 Å². The Bertz CT molecular complexity index is 399. The van der Waals surface area contributed by atoms with E-state index in [0.29, 0.717) is 0 Å². The predicted octanol–water partition coefficient (Wildman–Crippen LogP) is 2.32. The summed E-state index contributed by atoms with van der Waals surface area (Å²) < 4.78 is 1.11. The van der Waals surface area contributed by atoms with Gasteiger partial charge in [-0.25, -0.2) is 0 Å². The Morgan fingerprint density at radius 3 is 1.48 bits per heavy atom. The number of benzene rings is 1. The molecule has 0 aromatic heterocycles. The first kappa shape index (κ1) is 31.1. The monoisotopic (exact) mass is 403 g/mol. The summed E-state index contributed by atoms with van der Waals surface area (Å²) in [4.78, 5) is 0. The number of nitrogens with zero attached hydrogens (tertiary/aromatic N) is 1. The number of hydrogen-bond donors (Lipinski definition) is 0. The third-order valence-corrected chi connectivity index (χ3v) is 5.07.